The van der Waals surface area contributed by atoms with Gasteiger partial charge in [-0.25, -0.2) is 13.2 Å². The normalized spacial score (nSPS) is 16.8. The fourth-order valence-corrected chi connectivity index (χ4v) is 2.70. The first kappa shape index (κ1) is 14.4. The van der Waals surface area contributed by atoms with Gasteiger partial charge in [-0.05, 0) is 24.9 Å². The molecule has 1 N–H and O–H groups in total. The van der Waals surface area contributed by atoms with Gasteiger partial charge in [0.15, 0.2) is 11.6 Å². The average molecular weight is 271 g/mol. The summed E-state index contributed by atoms with van der Waals surface area (Å²) in [6, 6.07) is 1.53. The number of nitrogens with one attached hydrogen (secondary N) is 1. The lowest BCUT2D eigenvalue weighted by molar-refractivity contribution is 0.333. The van der Waals surface area contributed by atoms with Crippen LogP contribution in [0.1, 0.15) is 44.1 Å². The molecule has 0 spiro atoms. The Morgan fingerprint density at radius 2 is 1.63 bits per heavy atom. The van der Waals surface area contributed by atoms with Crippen LogP contribution in [0.5, 0.6) is 0 Å². The van der Waals surface area contributed by atoms with Gasteiger partial charge in [-0.3, -0.25) is 0 Å². The highest BCUT2D eigenvalue weighted by atomic mass is 19.2. The Kier molecular flexibility index (Phi) is 5.25. The van der Waals surface area contributed by atoms with Gasteiger partial charge in [0, 0.05) is 18.2 Å². The molecule has 0 aromatic heterocycles. The van der Waals surface area contributed by atoms with Crippen molar-refractivity contribution in [2.24, 2.45) is 5.92 Å². The first-order valence-corrected chi connectivity index (χ1v) is 7.01. The van der Waals surface area contributed by atoms with Crippen molar-refractivity contribution in [1.29, 1.82) is 0 Å². The van der Waals surface area contributed by atoms with Crippen molar-refractivity contribution >= 4 is 0 Å². The predicted molar refractivity (Wildman–Crippen MR) is 69.2 cm³/mol. The monoisotopic (exact) mass is 271 g/mol. The molecule has 0 heterocycles. The van der Waals surface area contributed by atoms with Crippen LogP contribution in [-0.2, 0) is 6.54 Å². The summed E-state index contributed by atoms with van der Waals surface area (Å²) in [6.07, 6.45) is 7.59. The number of rotatable bonds is 5. The van der Waals surface area contributed by atoms with Crippen LogP contribution in [0, 0.1) is 23.4 Å². The lowest BCUT2D eigenvalue weighted by atomic mass is 9.87. The number of hydrogen-bond acceptors (Lipinski definition) is 1. The molecule has 1 saturated carbocycles. The minimum Gasteiger partial charge on any atom is -0.313 e. The fraction of sp³-hybridized carbons (Fsp3) is 0.600. The zero-order valence-corrected chi connectivity index (χ0v) is 11.0. The standard InChI is InChI=1S/C15H20F3N/c16-13-9-15(18)14(17)8-12(13)10-19-7-6-11-4-2-1-3-5-11/h8-9,11,19H,1-7,10H2. The van der Waals surface area contributed by atoms with Gasteiger partial charge >= 0.3 is 0 Å². The van der Waals surface area contributed by atoms with Crippen LogP contribution in [0.25, 0.3) is 0 Å². The summed E-state index contributed by atoms with van der Waals surface area (Å²) in [4.78, 5) is 0. The highest BCUT2D eigenvalue weighted by Gasteiger charge is 2.13. The number of halogens is 3. The summed E-state index contributed by atoms with van der Waals surface area (Å²) in [6.45, 7) is 1.04. The zero-order chi connectivity index (χ0) is 13.7. The third kappa shape index (κ3) is 4.23. The maximum atomic E-state index is 13.4. The highest BCUT2D eigenvalue weighted by molar-refractivity contribution is 5.19. The number of hydrogen-bond donors (Lipinski definition) is 1. The third-order valence-electron chi connectivity index (χ3n) is 3.86. The second-order valence-corrected chi connectivity index (χ2v) is 5.33. The first-order chi connectivity index (χ1) is 9.16. The lowest BCUT2D eigenvalue weighted by Crippen LogP contribution is -2.19. The summed E-state index contributed by atoms with van der Waals surface area (Å²) in [5.74, 6) is -2.06. The second-order valence-electron chi connectivity index (χ2n) is 5.33. The van der Waals surface area contributed by atoms with Crippen molar-refractivity contribution in [3.05, 3.63) is 35.1 Å². The maximum absolute atomic E-state index is 13.4. The summed E-state index contributed by atoms with van der Waals surface area (Å²) in [5, 5.41) is 3.11. The molecule has 0 aliphatic heterocycles. The van der Waals surface area contributed by atoms with Gasteiger partial charge in [-0.2, -0.15) is 0 Å². The van der Waals surface area contributed by atoms with Gasteiger partial charge in [-0.15, -0.1) is 0 Å². The third-order valence-corrected chi connectivity index (χ3v) is 3.86. The number of benzene rings is 1. The van der Waals surface area contributed by atoms with E-state index in [1.165, 1.54) is 32.1 Å². The summed E-state index contributed by atoms with van der Waals surface area (Å²) >= 11 is 0. The van der Waals surface area contributed by atoms with Crippen molar-refractivity contribution < 1.29 is 13.2 Å². The zero-order valence-electron chi connectivity index (χ0n) is 11.0. The van der Waals surface area contributed by atoms with Gasteiger partial charge in [0.2, 0.25) is 0 Å². The Labute approximate surface area is 112 Å². The minimum absolute atomic E-state index is 0.183. The molecule has 1 aliphatic rings. The van der Waals surface area contributed by atoms with Crippen LogP contribution in [0.2, 0.25) is 0 Å². The van der Waals surface area contributed by atoms with E-state index in [0.717, 1.165) is 24.9 Å². The topological polar surface area (TPSA) is 12.0 Å². The molecule has 1 nitrogen and oxygen atoms in total. The molecule has 2 rings (SSSR count). The van der Waals surface area contributed by atoms with E-state index >= 15 is 0 Å². The molecule has 4 heteroatoms. The molecule has 0 saturated heterocycles. The molecular formula is C15H20F3N. The summed E-state index contributed by atoms with van der Waals surface area (Å²) < 4.78 is 39.1. The molecule has 1 aromatic carbocycles. The van der Waals surface area contributed by atoms with E-state index in [-0.39, 0.29) is 12.1 Å². The molecule has 1 aliphatic carbocycles. The first-order valence-electron chi connectivity index (χ1n) is 7.01. The van der Waals surface area contributed by atoms with Crippen LogP contribution in [0.15, 0.2) is 12.1 Å². The van der Waals surface area contributed by atoms with E-state index < -0.39 is 17.5 Å². The molecule has 0 bridgehead atoms. The van der Waals surface area contributed by atoms with E-state index in [2.05, 4.69) is 5.32 Å². The van der Waals surface area contributed by atoms with Crippen molar-refractivity contribution in [3.63, 3.8) is 0 Å². The Morgan fingerprint density at radius 1 is 0.947 bits per heavy atom. The molecular weight excluding hydrogens is 251 g/mol. The smallest absolute Gasteiger partial charge is 0.161 e. The predicted octanol–water partition coefficient (Wildman–Crippen LogP) is 4.16. The molecule has 1 aromatic rings. The largest absolute Gasteiger partial charge is 0.313 e. The highest BCUT2D eigenvalue weighted by Crippen LogP contribution is 2.25. The van der Waals surface area contributed by atoms with Crippen LogP contribution in [0.3, 0.4) is 0 Å². The Morgan fingerprint density at radius 3 is 2.37 bits per heavy atom. The average Bonchev–Trinajstić information content (AvgIpc) is 2.41. The van der Waals surface area contributed by atoms with E-state index in [1.54, 1.807) is 0 Å². The summed E-state index contributed by atoms with van der Waals surface area (Å²) in [5.41, 5.74) is 0.183. The molecule has 0 atom stereocenters. The Bertz CT molecular complexity index is 414. The van der Waals surface area contributed by atoms with E-state index in [1.807, 2.05) is 0 Å². The van der Waals surface area contributed by atoms with Crippen LogP contribution in [0.4, 0.5) is 13.2 Å². The van der Waals surface area contributed by atoms with Crippen LogP contribution >= 0.6 is 0 Å². The van der Waals surface area contributed by atoms with Gasteiger partial charge in [0.25, 0.3) is 0 Å². The second kappa shape index (κ2) is 6.94. The molecule has 0 unspecified atom stereocenters. The van der Waals surface area contributed by atoms with Gasteiger partial charge in [0.05, 0.1) is 0 Å². The Balaban J connectivity index is 1.74. The van der Waals surface area contributed by atoms with Crippen molar-refractivity contribution in [2.45, 2.75) is 45.1 Å². The van der Waals surface area contributed by atoms with E-state index in [0.29, 0.717) is 6.07 Å². The quantitative estimate of drug-likeness (QED) is 0.626. The van der Waals surface area contributed by atoms with E-state index in [4.69, 9.17) is 0 Å². The van der Waals surface area contributed by atoms with Crippen molar-refractivity contribution in [3.8, 4) is 0 Å². The maximum Gasteiger partial charge on any atom is 0.161 e. The molecule has 0 amide bonds. The Hall–Kier alpha value is -1.03. The lowest BCUT2D eigenvalue weighted by Gasteiger charge is -2.21. The van der Waals surface area contributed by atoms with Crippen LogP contribution < -0.4 is 5.32 Å². The van der Waals surface area contributed by atoms with Gasteiger partial charge in [-0.1, -0.05) is 32.1 Å². The fourth-order valence-electron chi connectivity index (χ4n) is 2.70. The van der Waals surface area contributed by atoms with E-state index in [9.17, 15) is 13.2 Å². The summed E-state index contributed by atoms with van der Waals surface area (Å²) in [7, 11) is 0. The van der Waals surface area contributed by atoms with Gasteiger partial charge < -0.3 is 5.32 Å². The van der Waals surface area contributed by atoms with Crippen molar-refractivity contribution in [1.82, 2.24) is 5.32 Å². The minimum atomic E-state index is -1.14. The SMILES string of the molecule is Fc1cc(F)c(CNCCC2CCCCC2)cc1F. The van der Waals surface area contributed by atoms with Gasteiger partial charge in [0.1, 0.15) is 5.82 Å². The molecule has 1 fully saturated rings. The molecule has 19 heavy (non-hydrogen) atoms. The molecule has 0 radical (unpaired) electrons. The van der Waals surface area contributed by atoms with Crippen LogP contribution in [-0.4, -0.2) is 6.54 Å². The molecule has 106 valence electrons. The van der Waals surface area contributed by atoms with Crippen molar-refractivity contribution in [2.75, 3.05) is 6.54 Å².